The topological polar surface area (TPSA) is 66.5 Å². The molecule has 0 bridgehead atoms. The number of H-pyrrole nitrogens is 1. The van der Waals surface area contributed by atoms with Gasteiger partial charge in [-0.2, -0.15) is 11.8 Å². The van der Waals surface area contributed by atoms with E-state index < -0.39 is 0 Å². The summed E-state index contributed by atoms with van der Waals surface area (Å²) < 4.78 is 0. The zero-order valence-electron chi connectivity index (χ0n) is 12.1. The smallest absolute Gasteiger partial charge is 0.139 e. The number of nitrogens with one attached hydrogen (secondary N) is 2. The van der Waals surface area contributed by atoms with E-state index in [0.717, 1.165) is 52.0 Å². The summed E-state index contributed by atoms with van der Waals surface area (Å²) in [5.74, 6) is 2.88. The molecule has 0 atom stereocenters. The summed E-state index contributed by atoms with van der Waals surface area (Å²) in [5, 5.41) is 3.36. The van der Waals surface area contributed by atoms with Gasteiger partial charge in [-0.3, -0.25) is 4.98 Å². The van der Waals surface area contributed by atoms with Gasteiger partial charge in [0, 0.05) is 35.7 Å². The van der Waals surface area contributed by atoms with Crippen molar-refractivity contribution < 1.29 is 0 Å². The fraction of sp³-hybridized carbons (Fsp3) is 0.188. The second kappa shape index (κ2) is 5.46. The predicted octanol–water partition coefficient (Wildman–Crippen LogP) is 3.50. The molecule has 0 spiro atoms. The summed E-state index contributed by atoms with van der Waals surface area (Å²) in [6.45, 7) is 0. The molecule has 0 aromatic carbocycles. The van der Waals surface area contributed by atoms with Gasteiger partial charge in [-0.05, 0) is 24.5 Å². The molecule has 1 aliphatic rings. The van der Waals surface area contributed by atoms with Gasteiger partial charge in [-0.1, -0.05) is 0 Å². The third kappa shape index (κ3) is 2.16. The highest BCUT2D eigenvalue weighted by molar-refractivity contribution is 7.98. The van der Waals surface area contributed by atoms with Gasteiger partial charge in [0.2, 0.25) is 0 Å². The molecule has 2 N–H and O–H groups in total. The second-order valence-corrected chi connectivity index (χ2v) is 6.08. The number of hydrogen-bond acceptors (Lipinski definition) is 5. The Morgan fingerprint density at radius 3 is 3.05 bits per heavy atom. The number of fused-ring (bicyclic) bond motifs is 5. The van der Waals surface area contributed by atoms with Crippen molar-refractivity contribution >= 4 is 23.3 Å². The number of nitrogens with zero attached hydrogens (tertiary/aromatic N) is 3. The van der Waals surface area contributed by atoms with E-state index in [1.807, 2.05) is 36.2 Å². The third-order valence-electron chi connectivity index (χ3n) is 3.70. The van der Waals surface area contributed by atoms with Crippen LogP contribution >= 0.6 is 11.8 Å². The van der Waals surface area contributed by atoms with Crippen molar-refractivity contribution in [3.8, 4) is 22.5 Å². The van der Waals surface area contributed by atoms with Gasteiger partial charge in [0.05, 0.1) is 17.6 Å². The van der Waals surface area contributed by atoms with E-state index >= 15 is 0 Å². The standard InChI is InChI=1S/C16H15N5S/c1-22-8-5-13-20-14-10-4-7-17-9-12(10)19-16-11(15(14)21-13)3-2-6-18-16/h2-4,6-7,9H,5,8H2,1H3,(H,18,19)(H,20,21). The average molecular weight is 309 g/mol. The number of aromatic nitrogens is 4. The van der Waals surface area contributed by atoms with Crippen molar-refractivity contribution in [2.24, 2.45) is 0 Å². The van der Waals surface area contributed by atoms with Crippen molar-refractivity contribution in [2.45, 2.75) is 6.42 Å². The third-order valence-corrected chi connectivity index (χ3v) is 4.31. The van der Waals surface area contributed by atoms with Gasteiger partial charge in [-0.15, -0.1) is 0 Å². The van der Waals surface area contributed by atoms with Gasteiger partial charge in [0.15, 0.2) is 0 Å². The van der Waals surface area contributed by atoms with E-state index in [1.165, 1.54) is 0 Å². The Balaban J connectivity index is 1.94. The number of rotatable bonds is 3. The molecule has 0 saturated carbocycles. The minimum absolute atomic E-state index is 0.818. The lowest BCUT2D eigenvalue weighted by molar-refractivity contribution is 1.00. The Bertz CT molecular complexity index is 764. The molecule has 1 aliphatic heterocycles. The monoisotopic (exact) mass is 309 g/mol. The summed E-state index contributed by atoms with van der Waals surface area (Å²) >= 11 is 1.82. The first kappa shape index (κ1) is 13.3. The molecule has 110 valence electrons. The van der Waals surface area contributed by atoms with Crippen LogP contribution in [0, 0.1) is 0 Å². The Labute approximate surface area is 132 Å². The van der Waals surface area contributed by atoms with Gasteiger partial charge in [-0.25, -0.2) is 9.97 Å². The Hall–Kier alpha value is -2.34. The molecule has 0 amide bonds. The molecule has 0 saturated heterocycles. The Morgan fingerprint density at radius 1 is 1.18 bits per heavy atom. The van der Waals surface area contributed by atoms with Crippen LogP contribution in [-0.4, -0.2) is 31.9 Å². The summed E-state index contributed by atoms with van der Waals surface area (Å²) in [6.07, 6.45) is 8.45. The first-order valence-corrected chi connectivity index (χ1v) is 8.51. The summed E-state index contributed by atoms with van der Waals surface area (Å²) in [7, 11) is 0. The van der Waals surface area contributed by atoms with Gasteiger partial charge in [0.25, 0.3) is 0 Å². The molecule has 0 fully saturated rings. The first-order chi connectivity index (χ1) is 10.9. The van der Waals surface area contributed by atoms with Crippen LogP contribution in [0.2, 0.25) is 0 Å². The first-order valence-electron chi connectivity index (χ1n) is 7.11. The maximum absolute atomic E-state index is 4.82. The van der Waals surface area contributed by atoms with Gasteiger partial charge < -0.3 is 10.3 Å². The van der Waals surface area contributed by atoms with E-state index in [2.05, 4.69) is 26.5 Å². The van der Waals surface area contributed by atoms with Crippen molar-refractivity contribution in [3.05, 3.63) is 42.6 Å². The van der Waals surface area contributed by atoms with Crippen molar-refractivity contribution in [3.63, 3.8) is 0 Å². The van der Waals surface area contributed by atoms with Crippen LogP contribution < -0.4 is 5.32 Å². The average Bonchev–Trinajstić information content (AvgIpc) is 2.92. The van der Waals surface area contributed by atoms with E-state index in [1.54, 1.807) is 12.4 Å². The normalized spacial score (nSPS) is 11.9. The quantitative estimate of drug-likeness (QED) is 0.606. The van der Waals surface area contributed by atoms with Crippen molar-refractivity contribution in [2.75, 3.05) is 17.3 Å². The molecular weight excluding hydrogens is 294 g/mol. The molecule has 22 heavy (non-hydrogen) atoms. The highest BCUT2D eigenvalue weighted by atomic mass is 32.2. The molecule has 3 aromatic rings. The minimum Gasteiger partial charge on any atom is -0.341 e. The zero-order chi connectivity index (χ0) is 14.9. The molecule has 0 radical (unpaired) electrons. The molecule has 0 unspecified atom stereocenters. The SMILES string of the molecule is CSCCc1nc2c([nH]1)-c1ccncc1Nc1ncccc1-2. The zero-order valence-corrected chi connectivity index (χ0v) is 12.9. The van der Waals surface area contributed by atoms with Crippen LogP contribution in [0.1, 0.15) is 5.82 Å². The molecule has 4 heterocycles. The molecule has 0 aliphatic carbocycles. The predicted molar refractivity (Wildman–Crippen MR) is 90.4 cm³/mol. The number of pyridine rings is 2. The number of thioether (sulfide) groups is 1. The fourth-order valence-corrected chi connectivity index (χ4v) is 3.06. The van der Waals surface area contributed by atoms with E-state index in [0.29, 0.717) is 0 Å². The lowest BCUT2D eigenvalue weighted by atomic mass is 10.1. The fourth-order valence-electron chi connectivity index (χ4n) is 2.66. The van der Waals surface area contributed by atoms with E-state index in [9.17, 15) is 0 Å². The summed E-state index contributed by atoms with van der Waals surface area (Å²) in [5.41, 5.74) is 5.02. The minimum atomic E-state index is 0.818. The number of imidazole rings is 1. The molecule has 4 rings (SSSR count). The largest absolute Gasteiger partial charge is 0.341 e. The number of aromatic amines is 1. The summed E-state index contributed by atoms with van der Waals surface area (Å²) in [4.78, 5) is 17.0. The highest BCUT2D eigenvalue weighted by Crippen LogP contribution is 2.41. The van der Waals surface area contributed by atoms with Crippen molar-refractivity contribution in [1.82, 2.24) is 19.9 Å². The summed E-state index contributed by atoms with van der Waals surface area (Å²) in [6, 6.07) is 5.99. The van der Waals surface area contributed by atoms with Crippen LogP contribution in [0.25, 0.3) is 22.5 Å². The van der Waals surface area contributed by atoms with Gasteiger partial charge >= 0.3 is 0 Å². The number of hydrogen-bond donors (Lipinski definition) is 2. The molecule has 5 nitrogen and oxygen atoms in total. The Kier molecular flexibility index (Phi) is 3.31. The maximum atomic E-state index is 4.82. The van der Waals surface area contributed by atoms with E-state index in [4.69, 9.17) is 4.98 Å². The molecular formula is C16H15N5S. The lowest BCUT2D eigenvalue weighted by Gasteiger charge is -2.07. The maximum Gasteiger partial charge on any atom is 0.139 e. The van der Waals surface area contributed by atoms with Crippen LogP contribution in [0.5, 0.6) is 0 Å². The molecule has 3 aromatic heterocycles. The highest BCUT2D eigenvalue weighted by Gasteiger charge is 2.23. The second-order valence-electron chi connectivity index (χ2n) is 5.10. The lowest BCUT2D eigenvalue weighted by Crippen LogP contribution is -1.96. The number of aryl methyl sites for hydroxylation is 1. The van der Waals surface area contributed by atoms with Crippen molar-refractivity contribution in [1.29, 1.82) is 0 Å². The Morgan fingerprint density at radius 2 is 2.14 bits per heavy atom. The van der Waals surface area contributed by atoms with E-state index in [-0.39, 0.29) is 0 Å². The van der Waals surface area contributed by atoms with Crippen LogP contribution in [0.15, 0.2) is 36.8 Å². The van der Waals surface area contributed by atoms with Crippen LogP contribution in [0.4, 0.5) is 11.5 Å². The van der Waals surface area contributed by atoms with Crippen LogP contribution in [0.3, 0.4) is 0 Å². The number of anilines is 2. The molecule has 6 heteroatoms. The van der Waals surface area contributed by atoms with Crippen LogP contribution in [-0.2, 0) is 6.42 Å². The van der Waals surface area contributed by atoms with Gasteiger partial charge in [0.1, 0.15) is 17.3 Å².